The molecular weight excluding hydrogens is 232 g/mol. The zero-order chi connectivity index (χ0) is 13.3. The van der Waals surface area contributed by atoms with Crippen molar-refractivity contribution in [3.05, 3.63) is 29.8 Å². The Morgan fingerprint density at radius 1 is 1.11 bits per heavy atom. The molecule has 1 aromatic carbocycles. The van der Waals surface area contributed by atoms with Gasteiger partial charge in [0.1, 0.15) is 0 Å². The number of hydrogen-bond donors (Lipinski definition) is 1. The summed E-state index contributed by atoms with van der Waals surface area (Å²) < 4.78 is 0. The Labute approximate surface area is 117 Å². The number of benzene rings is 1. The van der Waals surface area contributed by atoms with E-state index in [1.54, 1.807) is 0 Å². The van der Waals surface area contributed by atoms with Gasteiger partial charge in [0, 0.05) is 30.9 Å². The highest BCUT2D eigenvalue weighted by molar-refractivity contribution is 5.49. The molecule has 2 heteroatoms. The minimum atomic E-state index is 0.412. The fraction of sp³-hybridized carbons (Fsp3) is 0.647. The van der Waals surface area contributed by atoms with Crippen molar-refractivity contribution in [2.24, 2.45) is 0 Å². The summed E-state index contributed by atoms with van der Waals surface area (Å²) in [5.41, 5.74) is 3.25. The van der Waals surface area contributed by atoms with E-state index in [0.717, 1.165) is 13.1 Å². The molecule has 0 radical (unpaired) electrons. The number of nitrogens with one attached hydrogen (secondary N) is 1. The van der Waals surface area contributed by atoms with E-state index in [4.69, 9.17) is 0 Å². The largest absolute Gasteiger partial charge is 0.368 e. The van der Waals surface area contributed by atoms with Crippen molar-refractivity contribution in [2.45, 2.75) is 51.0 Å². The van der Waals surface area contributed by atoms with E-state index in [2.05, 4.69) is 48.3 Å². The van der Waals surface area contributed by atoms with Gasteiger partial charge >= 0.3 is 0 Å². The summed E-state index contributed by atoms with van der Waals surface area (Å²) in [5, 5.41) is 3.78. The molecule has 1 heterocycles. The molecule has 2 nitrogen and oxygen atoms in total. The van der Waals surface area contributed by atoms with Gasteiger partial charge in [0.05, 0.1) is 0 Å². The number of piperazine rings is 1. The molecule has 1 aromatic rings. The second kappa shape index (κ2) is 5.16. The predicted molar refractivity (Wildman–Crippen MR) is 81.9 cm³/mol. The highest BCUT2D eigenvalue weighted by Gasteiger charge is 2.37. The van der Waals surface area contributed by atoms with E-state index in [1.807, 2.05) is 0 Å². The van der Waals surface area contributed by atoms with Crippen LogP contribution in [0.5, 0.6) is 0 Å². The number of rotatable bonds is 2. The topological polar surface area (TPSA) is 15.3 Å². The summed E-state index contributed by atoms with van der Waals surface area (Å²) in [6.07, 6.45) is 5.50. The van der Waals surface area contributed by atoms with E-state index < -0.39 is 0 Å². The van der Waals surface area contributed by atoms with Gasteiger partial charge in [0.15, 0.2) is 0 Å². The van der Waals surface area contributed by atoms with Crippen molar-refractivity contribution >= 4 is 5.69 Å². The van der Waals surface area contributed by atoms with Crippen LogP contribution in [0.2, 0.25) is 0 Å². The molecule has 2 aliphatic rings. The Morgan fingerprint density at radius 2 is 1.79 bits per heavy atom. The maximum Gasteiger partial charge on any atom is 0.0367 e. The maximum atomic E-state index is 3.78. The van der Waals surface area contributed by atoms with Gasteiger partial charge in [-0.15, -0.1) is 0 Å². The van der Waals surface area contributed by atoms with E-state index in [1.165, 1.54) is 43.5 Å². The standard InChI is InChI=1S/C17H26N2/c1-14(2)15-5-7-16(8-6-15)19-12-11-18-17(13-19)9-3-4-10-17/h5-8,14,18H,3-4,9-13H2,1-2H3. The Bertz CT molecular complexity index is 415. The molecule has 1 saturated carbocycles. The van der Waals surface area contributed by atoms with Crippen molar-refractivity contribution < 1.29 is 0 Å². The Balaban J connectivity index is 1.74. The summed E-state index contributed by atoms with van der Waals surface area (Å²) in [7, 11) is 0. The first-order valence-corrected chi connectivity index (χ1v) is 7.79. The van der Waals surface area contributed by atoms with Crippen LogP contribution in [0.25, 0.3) is 0 Å². The quantitative estimate of drug-likeness (QED) is 0.873. The third-order valence-electron chi connectivity index (χ3n) is 4.86. The minimum absolute atomic E-state index is 0.412. The summed E-state index contributed by atoms with van der Waals surface area (Å²) in [6.45, 7) is 7.98. The molecule has 0 unspecified atom stereocenters. The van der Waals surface area contributed by atoms with Crippen LogP contribution in [0.3, 0.4) is 0 Å². The van der Waals surface area contributed by atoms with Crippen LogP contribution in [0.1, 0.15) is 51.0 Å². The third kappa shape index (κ3) is 2.64. The Kier molecular flexibility index (Phi) is 3.53. The number of nitrogens with zero attached hydrogens (tertiary/aromatic N) is 1. The SMILES string of the molecule is CC(C)c1ccc(N2CCNC3(CCCC3)C2)cc1. The average molecular weight is 258 g/mol. The smallest absolute Gasteiger partial charge is 0.0367 e. The van der Waals surface area contributed by atoms with Crippen LogP contribution in [0.15, 0.2) is 24.3 Å². The lowest BCUT2D eigenvalue weighted by Crippen LogP contribution is -2.59. The summed E-state index contributed by atoms with van der Waals surface area (Å²) >= 11 is 0. The molecule has 1 aliphatic heterocycles. The monoisotopic (exact) mass is 258 g/mol. The van der Waals surface area contributed by atoms with Gasteiger partial charge in [-0.05, 0) is 36.5 Å². The van der Waals surface area contributed by atoms with Crippen LogP contribution in [-0.4, -0.2) is 25.2 Å². The molecule has 3 rings (SSSR count). The second-order valence-corrected chi connectivity index (χ2v) is 6.58. The van der Waals surface area contributed by atoms with Gasteiger partial charge in [-0.1, -0.05) is 38.8 Å². The van der Waals surface area contributed by atoms with Crippen molar-refractivity contribution in [3.8, 4) is 0 Å². The molecule has 0 atom stereocenters. The zero-order valence-corrected chi connectivity index (χ0v) is 12.3. The summed E-state index contributed by atoms with van der Waals surface area (Å²) in [5.74, 6) is 0.623. The molecule has 1 aliphatic carbocycles. The van der Waals surface area contributed by atoms with E-state index in [-0.39, 0.29) is 0 Å². The average Bonchev–Trinajstić information content (AvgIpc) is 2.87. The zero-order valence-electron chi connectivity index (χ0n) is 12.3. The lowest BCUT2D eigenvalue weighted by atomic mass is 9.94. The first kappa shape index (κ1) is 13.0. The fourth-order valence-corrected chi connectivity index (χ4v) is 3.63. The lowest BCUT2D eigenvalue weighted by Gasteiger charge is -2.42. The second-order valence-electron chi connectivity index (χ2n) is 6.58. The van der Waals surface area contributed by atoms with Crippen molar-refractivity contribution in [1.82, 2.24) is 5.32 Å². The first-order valence-electron chi connectivity index (χ1n) is 7.79. The van der Waals surface area contributed by atoms with Gasteiger partial charge in [-0.25, -0.2) is 0 Å². The Hall–Kier alpha value is -1.02. The molecule has 0 bridgehead atoms. The summed E-state index contributed by atoms with van der Waals surface area (Å²) in [4.78, 5) is 2.58. The number of hydrogen-bond acceptors (Lipinski definition) is 2. The highest BCUT2D eigenvalue weighted by Crippen LogP contribution is 2.33. The molecule has 1 saturated heterocycles. The van der Waals surface area contributed by atoms with E-state index in [0.29, 0.717) is 11.5 Å². The summed E-state index contributed by atoms with van der Waals surface area (Å²) in [6, 6.07) is 9.21. The van der Waals surface area contributed by atoms with Gasteiger partial charge in [-0.3, -0.25) is 0 Å². The van der Waals surface area contributed by atoms with Gasteiger partial charge < -0.3 is 10.2 Å². The van der Waals surface area contributed by atoms with Crippen molar-refractivity contribution in [2.75, 3.05) is 24.5 Å². The van der Waals surface area contributed by atoms with Crippen LogP contribution in [-0.2, 0) is 0 Å². The lowest BCUT2D eigenvalue weighted by molar-refractivity contribution is 0.304. The molecule has 0 aromatic heterocycles. The molecule has 1 spiro atoms. The van der Waals surface area contributed by atoms with Crippen LogP contribution >= 0.6 is 0 Å². The molecular formula is C17H26N2. The molecule has 1 N–H and O–H groups in total. The Morgan fingerprint density at radius 3 is 2.42 bits per heavy atom. The molecule has 0 amide bonds. The molecule has 2 fully saturated rings. The van der Waals surface area contributed by atoms with Gasteiger partial charge in [-0.2, -0.15) is 0 Å². The number of anilines is 1. The van der Waals surface area contributed by atoms with E-state index in [9.17, 15) is 0 Å². The highest BCUT2D eigenvalue weighted by atomic mass is 15.2. The van der Waals surface area contributed by atoms with Crippen molar-refractivity contribution in [1.29, 1.82) is 0 Å². The maximum absolute atomic E-state index is 3.78. The van der Waals surface area contributed by atoms with E-state index >= 15 is 0 Å². The van der Waals surface area contributed by atoms with Crippen molar-refractivity contribution in [3.63, 3.8) is 0 Å². The molecule has 19 heavy (non-hydrogen) atoms. The fourth-order valence-electron chi connectivity index (χ4n) is 3.63. The molecule has 104 valence electrons. The van der Waals surface area contributed by atoms with Crippen LogP contribution in [0, 0.1) is 0 Å². The van der Waals surface area contributed by atoms with Crippen LogP contribution in [0.4, 0.5) is 5.69 Å². The van der Waals surface area contributed by atoms with Gasteiger partial charge in [0.2, 0.25) is 0 Å². The predicted octanol–water partition coefficient (Wildman–Crippen LogP) is 3.53. The minimum Gasteiger partial charge on any atom is -0.368 e. The first-order chi connectivity index (χ1) is 9.19. The normalized spacial score (nSPS) is 22.4. The van der Waals surface area contributed by atoms with Crippen LogP contribution < -0.4 is 10.2 Å². The van der Waals surface area contributed by atoms with Gasteiger partial charge in [0.25, 0.3) is 0 Å². The third-order valence-corrected chi connectivity index (χ3v) is 4.86.